The van der Waals surface area contributed by atoms with Crippen LogP contribution in [0.4, 0.5) is 0 Å². The topological polar surface area (TPSA) is 52.0 Å². The summed E-state index contributed by atoms with van der Waals surface area (Å²) in [5, 5.41) is 12.1. The molecule has 1 fully saturated rings. The molecule has 1 aromatic heterocycles. The lowest BCUT2D eigenvalue weighted by molar-refractivity contribution is 0.409. The third-order valence-corrected chi connectivity index (χ3v) is 5.00. The molecular weight excluding hydrogens is 288 g/mol. The number of nitrogens with one attached hydrogen (secondary N) is 1. The van der Waals surface area contributed by atoms with Crippen molar-refractivity contribution in [2.75, 3.05) is 13.7 Å². The van der Waals surface area contributed by atoms with E-state index in [1.165, 1.54) is 42.6 Å². The quantitative estimate of drug-likeness (QED) is 0.891. The van der Waals surface area contributed by atoms with E-state index in [2.05, 4.69) is 38.3 Å². The second-order valence-corrected chi connectivity index (χ2v) is 6.62. The van der Waals surface area contributed by atoms with E-state index in [9.17, 15) is 0 Å². The summed E-state index contributed by atoms with van der Waals surface area (Å²) in [4.78, 5) is 0. The molecule has 1 aromatic carbocycles. The SMILES string of the molecule is COc1ccc2c(c1)CCCC2NCCn1cnnc1C1CC1. The molecule has 0 aliphatic heterocycles. The van der Waals surface area contributed by atoms with Gasteiger partial charge in [0, 0.05) is 25.0 Å². The maximum absolute atomic E-state index is 5.35. The third-order valence-electron chi connectivity index (χ3n) is 5.00. The fraction of sp³-hybridized carbons (Fsp3) is 0.556. The van der Waals surface area contributed by atoms with Gasteiger partial charge < -0.3 is 14.6 Å². The molecule has 1 unspecified atom stereocenters. The van der Waals surface area contributed by atoms with Gasteiger partial charge in [-0.3, -0.25) is 0 Å². The lowest BCUT2D eigenvalue weighted by atomic mass is 9.87. The number of benzene rings is 1. The molecular formula is C18H24N4O. The highest BCUT2D eigenvalue weighted by atomic mass is 16.5. The zero-order chi connectivity index (χ0) is 15.6. The van der Waals surface area contributed by atoms with Crippen molar-refractivity contribution in [3.63, 3.8) is 0 Å². The van der Waals surface area contributed by atoms with Gasteiger partial charge >= 0.3 is 0 Å². The van der Waals surface area contributed by atoms with Crippen molar-refractivity contribution in [3.8, 4) is 5.75 Å². The highest BCUT2D eigenvalue weighted by molar-refractivity contribution is 5.39. The van der Waals surface area contributed by atoms with E-state index in [1.807, 2.05) is 6.33 Å². The summed E-state index contributed by atoms with van der Waals surface area (Å²) in [6.45, 7) is 1.90. The molecule has 122 valence electrons. The van der Waals surface area contributed by atoms with E-state index in [-0.39, 0.29) is 0 Å². The summed E-state index contributed by atoms with van der Waals surface area (Å²) in [5.74, 6) is 2.78. The zero-order valence-electron chi connectivity index (χ0n) is 13.7. The molecule has 0 bridgehead atoms. The van der Waals surface area contributed by atoms with Crippen LogP contribution in [-0.4, -0.2) is 28.4 Å². The number of nitrogens with zero attached hydrogens (tertiary/aromatic N) is 3. The van der Waals surface area contributed by atoms with E-state index >= 15 is 0 Å². The smallest absolute Gasteiger partial charge is 0.135 e. The summed E-state index contributed by atoms with van der Waals surface area (Å²) in [6, 6.07) is 6.93. The summed E-state index contributed by atoms with van der Waals surface area (Å²) >= 11 is 0. The Bertz CT molecular complexity index is 677. The van der Waals surface area contributed by atoms with Crippen LogP contribution in [0.1, 0.15) is 54.6 Å². The summed E-state index contributed by atoms with van der Waals surface area (Å²) in [5.41, 5.74) is 2.86. The number of hydrogen-bond acceptors (Lipinski definition) is 4. The molecule has 0 spiro atoms. The first-order chi connectivity index (χ1) is 11.3. The van der Waals surface area contributed by atoms with Crippen LogP contribution in [0.3, 0.4) is 0 Å². The average molecular weight is 312 g/mol. The minimum absolute atomic E-state index is 0.450. The number of ether oxygens (including phenoxy) is 1. The molecule has 1 heterocycles. The predicted molar refractivity (Wildman–Crippen MR) is 88.7 cm³/mol. The van der Waals surface area contributed by atoms with Crippen LogP contribution < -0.4 is 10.1 Å². The molecule has 4 rings (SSSR count). The van der Waals surface area contributed by atoms with Gasteiger partial charge in [-0.15, -0.1) is 10.2 Å². The molecule has 0 amide bonds. The number of hydrogen-bond donors (Lipinski definition) is 1. The van der Waals surface area contributed by atoms with Crippen molar-refractivity contribution >= 4 is 0 Å². The van der Waals surface area contributed by atoms with Crippen molar-refractivity contribution in [2.45, 2.75) is 50.6 Å². The zero-order valence-corrected chi connectivity index (χ0v) is 13.7. The van der Waals surface area contributed by atoms with Gasteiger partial charge in [0.2, 0.25) is 0 Å². The molecule has 1 atom stereocenters. The summed E-state index contributed by atoms with van der Waals surface area (Å²) in [6.07, 6.45) is 8.00. The van der Waals surface area contributed by atoms with E-state index in [0.29, 0.717) is 12.0 Å². The monoisotopic (exact) mass is 312 g/mol. The number of rotatable bonds is 6. The van der Waals surface area contributed by atoms with Crippen LogP contribution in [0.15, 0.2) is 24.5 Å². The van der Waals surface area contributed by atoms with Crippen molar-refractivity contribution in [2.24, 2.45) is 0 Å². The van der Waals surface area contributed by atoms with Crippen LogP contribution in [0.25, 0.3) is 0 Å². The van der Waals surface area contributed by atoms with E-state index < -0.39 is 0 Å². The molecule has 1 N–H and O–H groups in total. The number of methoxy groups -OCH3 is 1. The Morgan fingerprint density at radius 1 is 1.30 bits per heavy atom. The molecule has 1 saturated carbocycles. The first-order valence-electron chi connectivity index (χ1n) is 8.63. The Balaban J connectivity index is 1.39. The van der Waals surface area contributed by atoms with Crippen LogP contribution in [0, 0.1) is 0 Å². The number of aryl methyl sites for hydroxylation is 1. The van der Waals surface area contributed by atoms with Gasteiger partial charge in [0.15, 0.2) is 0 Å². The highest BCUT2D eigenvalue weighted by Gasteiger charge is 2.28. The largest absolute Gasteiger partial charge is 0.497 e. The molecule has 23 heavy (non-hydrogen) atoms. The van der Waals surface area contributed by atoms with Gasteiger partial charge in [0.1, 0.15) is 17.9 Å². The first-order valence-corrected chi connectivity index (χ1v) is 8.63. The standard InChI is InChI=1S/C18H24N4O/c1-23-15-7-8-16-14(11-15)3-2-4-17(16)19-9-10-22-12-20-21-18(22)13-5-6-13/h7-8,11-13,17,19H,2-6,9-10H2,1H3. The van der Waals surface area contributed by atoms with Crippen LogP contribution in [0.5, 0.6) is 5.75 Å². The fourth-order valence-corrected chi connectivity index (χ4v) is 3.58. The van der Waals surface area contributed by atoms with Crippen LogP contribution in [0.2, 0.25) is 0 Å². The molecule has 5 nitrogen and oxygen atoms in total. The average Bonchev–Trinajstić information content (AvgIpc) is 3.33. The fourth-order valence-electron chi connectivity index (χ4n) is 3.58. The molecule has 2 aromatic rings. The van der Waals surface area contributed by atoms with Gasteiger partial charge in [-0.05, 0) is 55.4 Å². The normalized spacial score (nSPS) is 20.3. The van der Waals surface area contributed by atoms with Crippen molar-refractivity contribution in [1.82, 2.24) is 20.1 Å². The first kappa shape index (κ1) is 14.7. The summed E-state index contributed by atoms with van der Waals surface area (Å²) < 4.78 is 7.56. The Labute approximate surface area is 137 Å². The molecule has 2 aliphatic carbocycles. The lowest BCUT2D eigenvalue weighted by Gasteiger charge is -2.27. The van der Waals surface area contributed by atoms with Crippen LogP contribution >= 0.6 is 0 Å². The van der Waals surface area contributed by atoms with Gasteiger partial charge in [-0.2, -0.15) is 0 Å². The minimum Gasteiger partial charge on any atom is -0.497 e. The highest BCUT2D eigenvalue weighted by Crippen LogP contribution is 2.38. The Kier molecular flexibility index (Phi) is 4.04. The van der Waals surface area contributed by atoms with Crippen molar-refractivity contribution < 1.29 is 4.74 Å². The molecule has 0 radical (unpaired) electrons. The minimum atomic E-state index is 0.450. The Morgan fingerprint density at radius 3 is 3.04 bits per heavy atom. The van der Waals surface area contributed by atoms with Gasteiger partial charge in [-0.1, -0.05) is 6.07 Å². The Morgan fingerprint density at radius 2 is 2.22 bits per heavy atom. The maximum Gasteiger partial charge on any atom is 0.135 e. The Hall–Kier alpha value is -1.88. The molecule has 5 heteroatoms. The third kappa shape index (κ3) is 3.11. The molecule has 2 aliphatic rings. The van der Waals surface area contributed by atoms with Gasteiger partial charge in [-0.25, -0.2) is 0 Å². The predicted octanol–water partition coefficient (Wildman–Crippen LogP) is 2.83. The van der Waals surface area contributed by atoms with Gasteiger partial charge in [0.25, 0.3) is 0 Å². The van der Waals surface area contributed by atoms with Gasteiger partial charge in [0.05, 0.1) is 7.11 Å². The van der Waals surface area contributed by atoms with Crippen molar-refractivity contribution in [3.05, 3.63) is 41.5 Å². The second kappa shape index (κ2) is 6.32. The lowest BCUT2D eigenvalue weighted by Crippen LogP contribution is -2.28. The van der Waals surface area contributed by atoms with Crippen molar-refractivity contribution in [1.29, 1.82) is 0 Å². The second-order valence-electron chi connectivity index (χ2n) is 6.62. The van der Waals surface area contributed by atoms with E-state index in [4.69, 9.17) is 4.74 Å². The van der Waals surface area contributed by atoms with E-state index in [1.54, 1.807) is 7.11 Å². The summed E-state index contributed by atoms with van der Waals surface area (Å²) in [7, 11) is 1.73. The maximum atomic E-state index is 5.35. The van der Waals surface area contributed by atoms with Crippen LogP contribution in [-0.2, 0) is 13.0 Å². The molecule has 0 saturated heterocycles. The number of fused-ring (bicyclic) bond motifs is 1. The van der Waals surface area contributed by atoms with E-state index in [0.717, 1.165) is 25.3 Å². The number of aromatic nitrogens is 3.